The van der Waals surface area contributed by atoms with Crippen LogP contribution in [0.25, 0.3) is 0 Å². The lowest BCUT2D eigenvalue weighted by Crippen LogP contribution is -2.00. The summed E-state index contributed by atoms with van der Waals surface area (Å²) in [6.45, 7) is 0.398. The molecule has 2 aromatic carbocycles. The highest BCUT2D eigenvalue weighted by Crippen LogP contribution is 2.36. The van der Waals surface area contributed by atoms with E-state index in [9.17, 15) is 4.39 Å². The number of rotatable bonds is 3. The number of benzene rings is 2. The van der Waals surface area contributed by atoms with E-state index in [1.54, 1.807) is 18.2 Å². The van der Waals surface area contributed by atoms with E-state index in [0.717, 1.165) is 10.0 Å². The summed E-state index contributed by atoms with van der Waals surface area (Å²) >= 11 is 21.2. The van der Waals surface area contributed by atoms with Gasteiger partial charge in [0, 0.05) is 16.0 Å². The molecule has 0 saturated carbocycles. The number of hydrogen-bond acceptors (Lipinski definition) is 1. The predicted octanol–water partition coefficient (Wildman–Crippen LogP) is 6.16. The van der Waals surface area contributed by atoms with E-state index in [-0.39, 0.29) is 5.82 Å². The molecule has 100 valence electrons. The molecule has 0 spiro atoms. The first-order chi connectivity index (χ1) is 8.97. The van der Waals surface area contributed by atoms with Crippen molar-refractivity contribution >= 4 is 56.4 Å². The van der Waals surface area contributed by atoms with Crippen molar-refractivity contribution in [2.45, 2.75) is 6.54 Å². The average Bonchev–Trinajstić information content (AvgIpc) is 2.34. The Kier molecular flexibility index (Phi) is 4.96. The molecule has 2 aromatic rings. The van der Waals surface area contributed by atoms with E-state index < -0.39 is 0 Å². The molecule has 0 atom stereocenters. The number of anilines is 1. The zero-order chi connectivity index (χ0) is 14.0. The molecule has 0 aliphatic rings. The van der Waals surface area contributed by atoms with Crippen molar-refractivity contribution in [2.24, 2.45) is 0 Å². The largest absolute Gasteiger partial charge is 0.380 e. The number of nitrogens with one attached hydrogen (secondary N) is 1. The Labute approximate surface area is 133 Å². The summed E-state index contributed by atoms with van der Waals surface area (Å²) in [6, 6.07) is 7.93. The zero-order valence-corrected chi connectivity index (χ0v) is 13.3. The van der Waals surface area contributed by atoms with E-state index >= 15 is 0 Å². The molecule has 0 radical (unpaired) electrons. The minimum absolute atomic E-state index is 0.358. The van der Waals surface area contributed by atoms with Crippen LogP contribution in [0.1, 0.15) is 5.56 Å². The van der Waals surface area contributed by atoms with Crippen LogP contribution in [0.2, 0.25) is 15.1 Å². The SMILES string of the molecule is Fc1cc(Cl)cc(CNc2ccc(Br)c(Cl)c2Cl)c1. The fraction of sp³-hybridized carbons (Fsp3) is 0.0769. The molecule has 0 fully saturated rings. The summed E-state index contributed by atoms with van der Waals surface area (Å²) in [5, 5.41) is 4.30. The summed E-state index contributed by atoms with van der Waals surface area (Å²) in [7, 11) is 0. The van der Waals surface area contributed by atoms with Crippen molar-refractivity contribution in [2.75, 3.05) is 5.32 Å². The molecular weight excluding hydrogens is 375 g/mol. The number of halogens is 5. The van der Waals surface area contributed by atoms with Crippen LogP contribution in [-0.2, 0) is 6.54 Å². The summed E-state index contributed by atoms with van der Waals surface area (Å²) in [4.78, 5) is 0. The predicted molar refractivity (Wildman–Crippen MR) is 82.9 cm³/mol. The molecule has 0 aliphatic carbocycles. The third-order valence-corrected chi connectivity index (χ3v) is 4.43. The molecule has 2 rings (SSSR count). The first-order valence-corrected chi connectivity index (χ1v) is 7.22. The van der Waals surface area contributed by atoms with Gasteiger partial charge in [-0.15, -0.1) is 0 Å². The second-order valence-corrected chi connectivity index (χ2v) is 5.90. The van der Waals surface area contributed by atoms with Gasteiger partial charge in [-0.2, -0.15) is 0 Å². The summed E-state index contributed by atoms with van der Waals surface area (Å²) in [5.41, 5.74) is 1.40. The first kappa shape index (κ1) is 14.9. The summed E-state index contributed by atoms with van der Waals surface area (Å²) < 4.78 is 13.9. The van der Waals surface area contributed by atoms with Crippen LogP contribution in [-0.4, -0.2) is 0 Å². The molecule has 0 heterocycles. The van der Waals surface area contributed by atoms with Crippen LogP contribution >= 0.6 is 50.7 Å². The van der Waals surface area contributed by atoms with Crippen molar-refractivity contribution in [3.05, 3.63) is 61.3 Å². The maximum absolute atomic E-state index is 13.2. The Hall–Kier alpha value is -0.480. The normalized spacial score (nSPS) is 10.6. The summed E-state index contributed by atoms with van der Waals surface area (Å²) in [6.07, 6.45) is 0. The van der Waals surface area contributed by atoms with Crippen molar-refractivity contribution < 1.29 is 4.39 Å². The molecule has 1 nitrogen and oxygen atoms in total. The molecule has 0 bridgehead atoms. The Balaban J connectivity index is 2.17. The molecule has 1 N–H and O–H groups in total. The minimum Gasteiger partial charge on any atom is -0.380 e. The Morgan fingerprint density at radius 3 is 2.47 bits per heavy atom. The topological polar surface area (TPSA) is 12.0 Å². The summed E-state index contributed by atoms with van der Waals surface area (Å²) in [5.74, 6) is -0.371. The third-order valence-electron chi connectivity index (χ3n) is 2.44. The van der Waals surface area contributed by atoms with Crippen LogP contribution in [0.15, 0.2) is 34.8 Å². The van der Waals surface area contributed by atoms with Crippen LogP contribution < -0.4 is 5.32 Å². The number of hydrogen-bond donors (Lipinski definition) is 1. The van der Waals surface area contributed by atoms with Gasteiger partial charge < -0.3 is 5.32 Å². The fourth-order valence-electron chi connectivity index (χ4n) is 1.57. The Bertz CT molecular complexity index is 599. The minimum atomic E-state index is -0.371. The van der Waals surface area contributed by atoms with Crippen molar-refractivity contribution in [3.63, 3.8) is 0 Å². The third kappa shape index (κ3) is 3.76. The molecule has 0 aromatic heterocycles. The molecule has 19 heavy (non-hydrogen) atoms. The highest BCUT2D eigenvalue weighted by atomic mass is 79.9. The van der Waals surface area contributed by atoms with Gasteiger partial charge >= 0.3 is 0 Å². The molecule has 6 heteroatoms. The van der Waals surface area contributed by atoms with Gasteiger partial charge in [0.05, 0.1) is 15.7 Å². The van der Waals surface area contributed by atoms with Crippen LogP contribution in [0.3, 0.4) is 0 Å². The molecule has 0 unspecified atom stereocenters. The maximum Gasteiger partial charge on any atom is 0.125 e. The van der Waals surface area contributed by atoms with Gasteiger partial charge in [-0.05, 0) is 51.8 Å². The van der Waals surface area contributed by atoms with Crippen LogP contribution in [0, 0.1) is 5.82 Å². The Morgan fingerprint density at radius 2 is 1.79 bits per heavy atom. The Morgan fingerprint density at radius 1 is 1.05 bits per heavy atom. The highest BCUT2D eigenvalue weighted by Gasteiger charge is 2.08. The van der Waals surface area contributed by atoms with Crippen molar-refractivity contribution in [3.8, 4) is 0 Å². The lowest BCUT2D eigenvalue weighted by atomic mass is 10.2. The average molecular weight is 383 g/mol. The van der Waals surface area contributed by atoms with Gasteiger partial charge in [-0.25, -0.2) is 4.39 Å². The van der Waals surface area contributed by atoms with Gasteiger partial charge in [-0.1, -0.05) is 34.8 Å². The van der Waals surface area contributed by atoms with E-state index in [4.69, 9.17) is 34.8 Å². The smallest absolute Gasteiger partial charge is 0.125 e. The van der Waals surface area contributed by atoms with Gasteiger partial charge in [-0.3, -0.25) is 0 Å². The highest BCUT2D eigenvalue weighted by molar-refractivity contribution is 9.10. The van der Waals surface area contributed by atoms with Crippen molar-refractivity contribution in [1.82, 2.24) is 0 Å². The lowest BCUT2D eigenvalue weighted by Gasteiger charge is -2.10. The van der Waals surface area contributed by atoms with Crippen LogP contribution in [0.5, 0.6) is 0 Å². The molecule has 0 aliphatic heterocycles. The quantitative estimate of drug-likeness (QED) is 0.626. The van der Waals surface area contributed by atoms with Crippen LogP contribution in [0.4, 0.5) is 10.1 Å². The van der Waals surface area contributed by atoms with Crippen molar-refractivity contribution in [1.29, 1.82) is 0 Å². The van der Waals surface area contributed by atoms with Gasteiger partial charge in [0.2, 0.25) is 0 Å². The molecule has 0 amide bonds. The van der Waals surface area contributed by atoms with E-state index in [2.05, 4.69) is 21.2 Å². The van der Waals surface area contributed by atoms with E-state index in [1.165, 1.54) is 12.1 Å². The van der Waals surface area contributed by atoms with Gasteiger partial charge in [0.1, 0.15) is 5.82 Å². The van der Waals surface area contributed by atoms with E-state index in [0.29, 0.717) is 27.3 Å². The second kappa shape index (κ2) is 6.31. The van der Waals surface area contributed by atoms with Gasteiger partial charge in [0.25, 0.3) is 0 Å². The second-order valence-electron chi connectivity index (χ2n) is 3.85. The molecular formula is C13H8BrCl3FN. The monoisotopic (exact) mass is 381 g/mol. The molecule has 0 saturated heterocycles. The lowest BCUT2D eigenvalue weighted by molar-refractivity contribution is 0.626. The maximum atomic E-state index is 13.2. The fourth-order valence-corrected chi connectivity index (χ4v) is 2.66. The first-order valence-electron chi connectivity index (χ1n) is 5.29. The zero-order valence-electron chi connectivity index (χ0n) is 9.48. The van der Waals surface area contributed by atoms with Gasteiger partial charge in [0.15, 0.2) is 0 Å². The standard InChI is InChI=1S/C13H8BrCl3FN/c14-10-1-2-11(13(17)12(10)16)19-6-7-3-8(15)5-9(18)4-7/h1-5,19H,6H2. The van der Waals surface area contributed by atoms with E-state index in [1.807, 2.05) is 0 Å².